The second kappa shape index (κ2) is 7.46. The van der Waals surface area contributed by atoms with E-state index in [0.717, 1.165) is 22.4 Å². The minimum atomic E-state index is -0.332. The molecule has 1 aromatic carbocycles. The van der Waals surface area contributed by atoms with Crippen molar-refractivity contribution in [1.82, 2.24) is 9.97 Å². The normalized spacial score (nSPS) is 10.8. The Kier molecular flexibility index (Phi) is 4.85. The number of anilines is 2. The average molecular weight is 411 g/mol. The number of nitrogens with two attached hydrogens (primary N) is 1. The zero-order valence-electron chi connectivity index (χ0n) is 14.8. The number of pyridine rings is 2. The molecule has 3 aromatic heterocycles. The number of halogens is 1. The minimum Gasteiger partial charge on any atom is -0.497 e. The van der Waals surface area contributed by atoms with Gasteiger partial charge in [-0.15, -0.1) is 11.3 Å². The van der Waals surface area contributed by atoms with E-state index >= 15 is 0 Å². The van der Waals surface area contributed by atoms with Crippen LogP contribution in [0.1, 0.15) is 9.67 Å². The first-order valence-electron chi connectivity index (χ1n) is 8.31. The molecule has 4 aromatic rings. The van der Waals surface area contributed by atoms with E-state index in [-0.39, 0.29) is 5.91 Å². The van der Waals surface area contributed by atoms with Gasteiger partial charge in [-0.2, -0.15) is 0 Å². The molecule has 1 amide bonds. The van der Waals surface area contributed by atoms with Gasteiger partial charge in [0.15, 0.2) is 0 Å². The van der Waals surface area contributed by atoms with E-state index in [4.69, 9.17) is 22.1 Å². The highest BCUT2D eigenvalue weighted by atomic mass is 35.5. The molecule has 0 atom stereocenters. The van der Waals surface area contributed by atoms with Crippen LogP contribution < -0.4 is 15.8 Å². The third-order valence-corrected chi connectivity index (χ3v) is 5.49. The molecule has 0 spiro atoms. The third kappa shape index (κ3) is 3.49. The quantitative estimate of drug-likeness (QED) is 0.501. The van der Waals surface area contributed by atoms with Crippen molar-refractivity contribution in [3.63, 3.8) is 0 Å². The summed E-state index contributed by atoms with van der Waals surface area (Å²) < 4.78 is 5.18. The molecular weight excluding hydrogens is 396 g/mol. The number of nitrogens with zero attached hydrogens (tertiary/aromatic N) is 2. The summed E-state index contributed by atoms with van der Waals surface area (Å²) in [6.45, 7) is 0. The summed E-state index contributed by atoms with van der Waals surface area (Å²) in [5.74, 6) is 0.847. The SMILES string of the molecule is COc1ccc(-c2ccc3c(N)c(C(=O)Nc4ccc(Cl)cn4)sc3n2)cc1. The van der Waals surface area contributed by atoms with Gasteiger partial charge < -0.3 is 15.8 Å². The van der Waals surface area contributed by atoms with Gasteiger partial charge in [0, 0.05) is 17.1 Å². The Bertz CT molecular complexity index is 1160. The predicted molar refractivity (Wildman–Crippen MR) is 113 cm³/mol. The van der Waals surface area contributed by atoms with Crippen LogP contribution in [0.3, 0.4) is 0 Å². The molecule has 140 valence electrons. The Balaban J connectivity index is 1.65. The van der Waals surface area contributed by atoms with Gasteiger partial charge >= 0.3 is 0 Å². The molecule has 0 aliphatic heterocycles. The number of carbonyl (C=O) groups excluding carboxylic acids is 1. The van der Waals surface area contributed by atoms with Gasteiger partial charge in [0.05, 0.1) is 23.5 Å². The van der Waals surface area contributed by atoms with Crippen LogP contribution in [0.5, 0.6) is 5.75 Å². The van der Waals surface area contributed by atoms with E-state index in [2.05, 4.69) is 15.3 Å². The molecule has 28 heavy (non-hydrogen) atoms. The van der Waals surface area contributed by atoms with Crippen LogP contribution in [0.4, 0.5) is 11.5 Å². The van der Waals surface area contributed by atoms with Crippen molar-refractivity contribution >= 4 is 50.6 Å². The largest absolute Gasteiger partial charge is 0.497 e. The number of ether oxygens (including phenoxy) is 1. The maximum absolute atomic E-state index is 12.6. The van der Waals surface area contributed by atoms with Crippen LogP contribution in [0.15, 0.2) is 54.7 Å². The number of benzene rings is 1. The van der Waals surface area contributed by atoms with Crippen molar-refractivity contribution in [2.75, 3.05) is 18.2 Å². The lowest BCUT2D eigenvalue weighted by atomic mass is 10.1. The molecule has 0 aliphatic rings. The molecule has 4 rings (SSSR count). The lowest BCUT2D eigenvalue weighted by Gasteiger charge is -2.03. The lowest BCUT2D eigenvalue weighted by Crippen LogP contribution is -2.12. The fourth-order valence-corrected chi connectivity index (χ4v) is 3.81. The predicted octanol–water partition coefficient (Wildman–Crippen LogP) is 4.85. The van der Waals surface area contributed by atoms with E-state index in [1.54, 1.807) is 19.2 Å². The number of nitrogens with one attached hydrogen (secondary N) is 1. The number of hydrogen-bond donors (Lipinski definition) is 2. The number of amides is 1. The minimum absolute atomic E-state index is 0.332. The molecule has 0 fully saturated rings. The average Bonchev–Trinajstić information content (AvgIpc) is 3.06. The van der Waals surface area contributed by atoms with Gasteiger partial charge in [-0.1, -0.05) is 11.6 Å². The monoisotopic (exact) mass is 410 g/mol. The molecule has 0 saturated heterocycles. The molecule has 3 heterocycles. The number of aromatic nitrogens is 2. The van der Waals surface area contributed by atoms with Crippen molar-refractivity contribution in [3.05, 3.63) is 64.6 Å². The molecule has 6 nitrogen and oxygen atoms in total. The molecule has 0 radical (unpaired) electrons. The van der Waals surface area contributed by atoms with Gasteiger partial charge in [-0.25, -0.2) is 9.97 Å². The fourth-order valence-electron chi connectivity index (χ4n) is 2.71. The highest BCUT2D eigenvalue weighted by molar-refractivity contribution is 7.21. The number of rotatable bonds is 4. The molecule has 0 unspecified atom stereocenters. The van der Waals surface area contributed by atoms with Crippen molar-refractivity contribution in [3.8, 4) is 17.0 Å². The number of nitrogen functional groups attached to an aromatic ring is 1. The first-order chi connectivity index (χ1) is 13.5. The molecule has 0 aliphatic carbocycles. The topological polar surface area (TPSA) is 90.1 Å². The lowest BCUT2D eigenvalue weighted by molar-refractivity contribution is 0.103. The summed E-state index contributed by atoms with van der Waals surface area (Å²) in [7, 11) is 1.62. The molecule has 3 N–H and O–H groups in total. The number of thiophene rings is 1. The van der Waals surface area contributed by atoms with Crippen molar-refractivity contribution in [1.29, 1.82) is 0 Å². The highest BCUT2D eigenvalue weighted by Crippen LogP contribution is 2.34. The highest BCUT2D eigenvalue weighted by Gasteiger charge is 2.18. The van der Waals surface area contributed by atoms with Gasteiger partial charge in [0.1, 0.15) is 21.3 Å². The molecule has 0 saturated carbocycles. The smallest absolute Gasteiger partial charge is 0.269 e. The van der Waals surface area contributed by atoms with E-state index in [0.29, 0.717) is 26.2 Å². The zero-order valence-corrected chi connectivity index (χ0v) is 16.3. The van der Waals surface area contributed by atoms with Gasteiger partial charge in [-0.3, -0.25) is 4.79 Å². The van der Waals surface area contributed by atoms with E-state index in [1.807, 2.05) is 36.4 Å². The number of carbonyl (C=O) groups is 1. The second-order valence-corrected chi connectivity index (χ2v) is 7.37. The zero-order chi connectivity index (χ0) is 19.7. The summed E-state index contributed by atoms with van der Waals surface area (Å²) in [4.78, 5) is 22.4. The molecule has 8 heteroatoms. The van der Waals surface area contributed by atoms with Crippen LogP contribution in [0.2, 0.25) is 5.02 Å². The Morgan fingerprint density at radius 3 is 2.61 bits per heavy atom. The number of fused-ring (bicyclic) bond motifs is 1. The maximum atomic E-state index is 12.6. The number of methoxy groups -OCH3 is 1. The van der Waals surface area contributed by atoms with Crippen molar-refractivity contribution < 1.29 is 9.53 Å². The molecular formula is C20H15ClN4O2S. The Morgan fingerprint density at radius 2 is 1.93 bits per heavy atom. The first kappa shape index (κ1) is 18.2. The summed E-state index contributed by atoms with van der Waals surface area (Å²) >= 11 is 7.06. The first-order valence-corrected chi connectivity index (χ1v) is 9.51. The Labute approximate surface area is 170 Å². The van der Waals surface area contributed by atoms with Crippen LogP contribution in [0.25, 0.3) is 21.5 Å². The van der Waals surface area contributed by atoms with E-state index in [1.165, 1.54) is 17.5 Å². The van der Waals surface area contributed by atoms with Crippen LogP contribution >= 0.6 is 22.9 Å². The third-order valence-electron chi connectivity index (χ3n) is 4.15. The van der Waals surface area contributed by atoms with Gasteiger partial charge in [0.2, 0.25) is 0 Å². The van der Waals surface area contributed by atoms with Gasteiger partial charge in [-0.05, 0) is 48.5 Å². The fraction of sp³-hybridized carbons (Fsp3) is 0.0500. The van der Waals surface area contributed by atoms with Crippen LogP contribution in [-0.4, -0.2) is 23.0 Å². The van der Waals surface area contributed by atoms with Crippen LogP contribution in [-0.2, 0) is 0 Å². The van der Waals surface area contributed by atoms with Crippen LogP contribution in [0, 0.1) is 0 Å². The Morgan fingerprint density at radius 1 is 1.14 bits per heavy atom. The summed E-state index contributed by atoms with van der Waals surface area (Å²) in [5.41, 5.74) is 8.34. The Hall–Kier alpha value is -3.16. The van der Waals surface area contributed by atoms with Gasteiger partial charge in [0.25, 0.3) is 5.91 Å². The number of hydrogen-bond acceptors (Lipinski definition) is 6. The maximum Gasteiger partial charge on any atom is 0.269 e. The summed E-state index contributed by atoms with van der Waals surface area (Å²) in [6, 6.07) is 14.7. The summed E-state index contributed by atoms with van der Waals surface area (Å²) in [6.07, 6.45) is 1.47. The van der Waals surface area contributed by atoms with E-state index in [9.17, 15) is 4.79 Å². The standard InChI is InChI=1S/C20H15ClN4O2S/c1-27-13-5-2-11(3-6-13)15-8-7-14-17(22)18(28-20(14)24-15)19(26)25-16-9-4-12(21)10-23-16/h2-10H,22H2,1H3,(H,23,25,26). The van der Waals surface area contributed by atoms with E-state index < -0.39 is 0 Å². The molecule has 0 bridgehead atoms. The second-order valence-electron chi connectivity index (χ2n) is 5.94. The van der Waals surface area contributed by atoms with Crippen molar-refractivity contribution in [2.24, 2.45) is 0 Å². The van der Waals surface area contributed by atoms with Crippen molar-refractivity contribution in [2.45, 2.75) is 0 Å². The summed E-state index contributed by atoms with van der Waals surface area (Å²) in [5, 5.41) is 3.97.